The van der Waals surface area contributed by atoms with Crippen molar-refractivity contribution in [2.75, 3.05) is 39.8 Å². The van der Waals surface area contributed by atoms with Gasteiger partial charge in [0, 0.05) is 37.8 Å². The van der Waals surface area contributed by atoms with Crippen molar-refractivity contribution < 1.29 is 14.3 Å². The maximum atomic E-state index is 14.4. The fraction of sp³-hybridized carbons (Fsp3) is 0.533. The van der Waals surface area contributed by atoms with Crippen LogP contribution in [0.15, 0.2) is 48.5 Å². The summed E-state index contributed by atoms with van der Waals surface area (Å²) in [4.78, 5) is 35.0. The average Bonchev–Trinajstić information content (AvgIpc) is 2.94. The lowest BCUT2D eigenvalue weighted by Crippen LogP contribution is -2.55. The van der Waals surface area contributed by atoms with Crippen LogP contribution in [0, 0.1) is 0 Å². The Hall–Kier alpha value is -2.86. The molecule has 0 aromatic heterocycles. The molecule has 2 fully saturated rings. The van der Waals surface area contributed by atoms with Crippen molar-refractivity contribution in [2.45, 2.75) is 63.5 Å². The van der Waals surface area contributed by atoms with Gasteiger partial charge in [0.05, 0.1) is 19.1 Å². The number of carbonyl (C=O) groups excluding carboxylic acids is 2. The van der Waals surface area contributed by atoms with Gasteiger partial charge in [-0.05, 0) is 55.1 Å². The smallest absolute Gasteiger partial charge is 0.254 e. The number of amides is 2. The third-order valence-electron chi connectivity index (χ3n) is 8.29. The van der Waals surface area contributed by atoms with Gasteiger partial charge >= 0.3 is 0 Å². The van der Waals surface area contributed by atoms with Crippen LogP contribution in [0.1, 0.15) is 78.9 Å². The van der Waals surface area contributed by atoms with E-state index >= 15 is 0 Å². The molecule has 0 unspecified atom stereocenters. The van der Waals surface area contributed by atoms with Crippen LogP contribution in [0.3, 0.4) is 0 Å². The quantitative estimate of drug-likeness (QED) is 0.581. The first kappa shape index (κ1) is 24.8. The molecule has 2 atom stereocenters. The number of rotatable bonds is 6. The first-order chi connectivity index (χ1) is 17.6. The second kappa shape index (κ2) is 11.0. The molecule has 36 heavy (non-hydrogen) atoms. The highest BCUT2D eigenvalue weighted by Crippen LogP contribution is 2.46. The number of methoxy groups -OCH3 is 1. The zero-order valence-electron chi connectivity index (χ0n) is 21.7. The Labute approximate surface area is 215 Å². The molecule has 2 amide bonds. The number of piperazine rings is 1. The highest BCUT2D eigenvalue weighted by molar-refractivity contribution is 6.01. The predicted octanol–water partition coefficient (Wildman–Crippen LogP) is 4.86. The number of carbonyl (C=O) groups is 2. The molecule has 6 heteroatoms. The zero-order chi connectivity index (χ0) is 25.1. The molecular formula is C30H39N3O3. The van der Waals surface area contributed by atoms with Crippen molar-refractivity contribution >= 4 is 11.8 Å². The van der Waals surface area contributed by atoms with Gasteiger partial charge < -0.3 is 14.5 Å². The molecule has 0 N–H and O–H groups in total. The molecule has 2 aromatic carbocycles. The van der Waals surface area contributed by atoms with Crippen LogP contribution in [0.4, 0.5) is 0 Å². The van der Waals surface area contributed by atoms with Gasteiger partial charge in [0.2, 0.25) is 5.91 Å². The van der Waals surface area contributed by atoms with E-state index < -0.39 is 5.92 Å². The molecule has 192 valence electrons. The molecule has 0 bridgehead atoms. The number of nitrogens with zero attached hydrogens (tertiary/aromatic N) is 3. The Morgan fingerprint density at radius 2 is 1.64 bits per heavy atom. The van der Waals surface area contributed by atoms with E-state index in [-0.39, 0.29) is 23.9 Å². The first-order valence-corrected chi connectivity index (χ1v) is 13.7. The molecule has 2 heterocycles. The SMILES string of the molecule is CCCN1CCN(C(=O)[C@H]2c3ccccc3C(=O)N(C3CCCCC3)[C@H]2c2ccc(OC)cc2)CC1. The van der Waals surface area contributed by atoms with E-state index in [4.69, 9.17) is 4.74 Å². The van der Waals surface area contributed by atoms with Crippen molar-refractivity contribution in [3.63, 3.8) is 0 Å². The zero-order valence-corrected chi connectivity index (χ0v) is 21.7. The molecule has 6 nitrogen and oxygen atoms in total. The summed E-state index contributed by atoms with van der Waals surface area (Å²) >= 11 is 0. The number of ether oxygens (including phenoxy) is 1. The van der Waals surface area contributed by atoms with E-state index in [0.717, 1.165) is 81.7 Å². The second-order valence-corrected chi connectivity index (χ2v) is 10.5. The van der Waals surface area contributed by atoms with E-state index in [1.807, 2.05) is 53.4 Å². The van der Waals surface area contributed by atoms with E-state index in [2.05, 4.69) is 16.7 Å². The molecule has 1 saturated heterocycles. The average molecular weight is 490 g/mol. The largest absolute Gasteiger partial charge is 0.497 e. The Morgan fingerprint density at radius 3 is 2.31 bits per heavy atom. The molecule has 0 spiro atoms. The number of hydrogen-bond acceptors (Lipinski definition) is 4. The van der Waals surface area contributed by atoms with Crippen molar-refractivity contribution in [1.82, 2.24) is 14.7 Å². The Bertz CT molecular complexity index is 1060. The fourth-order valence-corrected chi connectivity index (χ4v) is 6.44. The number of fused-ring (bicyclic) bond motifs is 1. The first-order valence-electron chi connectivity index (χ1n) is 13.7. The topological polar surface area (TPSA) is 53.1 Å². The van der Waals surface area contributed by atoms with Gasteiger partial charge in [-0.2, -0.15) is 0 Å². The lowest BCUT2D eigenvalue weighted by molar-refractivity contribution is -0.136. The minimum absolute atomic E-state index is 0.0649. The van der Waals surface area contributed by atoms with Gasteiger partial charge in [-0.25, -0.2) is 0 Å². The van der Waals surface area contributed by atoms with Crippen LogP contribution < -0.4 is 4.74 Å². The van der Waals surface area contributed by atoms with Crippen LogP contribution in [-0.2, 0) is 4.79 Å². The van der Waals surface area contributed by atoms with Gasteiger partial charge in [0.25, 0.3) is 5.91 Å². The lowest BCUT2D eigenvalue weighted by Gasteiger charge is -2.48. The molecular weight excluding hydrogens is 450 g/mol. The summed E-state index contributed by atoms with van der Waals surface area (Å²) in [5, 5.41) is 0. The summed E-state index contributed by atoms with van der Waals surface area (Å²) in [5.74, 6) is 0.579. The molecule has 0 radical (unpaired) electrons. The Kier molecular flexibility index (Phi) is 7.61. The number of benzene rings is 2. The van der Waals surface area contributed by atoms with Crippen LogP contribution in [0.25, 0.3) is 0 Å². The van der Waals surface area contributed by atoms with E-state index in [1.54, 1.807) is 7.11 Å². The maximum absolute atomic E-state index is 14.4. The highest BCUT2D eigenvalue weighted by atomic mass is 16.5. The highest BCUT2D eigenvalue weighted by Gasteiger charge is 2.47. The van der Waals surface area contributed by atoms with Gasteiger partial charge in [-0.1, -0.05) is 56.5 Å². The summed E-state index contributed by atoms with van der Waals surface area (Å²) in [6.07, 6.45) is 6.59. The normalized spacial score (nSPS) is 23.4. The van der Waals surface area contributed by atoms with Crippen molar-refractivity contribution in [3.05, 3.63) is 65.2 Å². The van der Waals surface area contributed by atoms with Gasteiger partial charge in [-0.15, -0.1) is 0 Å². The van der Waals surface area contributed by atoms with Crippen LogP contribution in [-0.4, -0.2) is 72.4 Å². The Morgan fingerprint density at radius 1 is 0.944 bits per heavy atom. The molecule has 1 aliphatic carbocycles. The number of hydrogen-bond donors (Lipinski definition) is 0. The third kappa shape index (κ3) is 4.75. The summed E-state index contributed by atoms with van der Waals surface area (Å²) in [6, 6.07) is 15.6. The van der Waals surface area contributed by atoms with Crippen LogP contribution in [0.2, 0.25) is 0 Å². The van der Waals surface area contributed by atoms with Crippen molar-refractivity contribution in [2.24, 2.45) is 0 Å². The summed E-state index contributed by atoms with van der Waals surface area (Å²) in [6.45, 7) is 6.58. The van der Waals surface area contributed by atoms with E-state index in [1.165, 1.54) is 6.42 Å². The predicted molar refractivity (Wildman–Crippen MR) is 141 cm³/mol. The Balaban J connectivity index is 1.57. The summed E-state index contributed by atoms with van der Waals surface area (Å²) < 4.78 is 5.42. The van der Waals surface area contributed by atoms with E-state index in [0.29, 0.717) is 5.56 Å². The van der Waals surface area contributed by atoms with Crippen molar-refractivity contribution in [3.8, 4) is 5.75 Å². The summed E-state index contributed by atoms with van der Waals surface area (Å²) in [5.41, 5.74) is 2.57. The monoisotopic (exact) mass is 489 g/mol. The van der Waals surface area contributed by atoms with E-state index in [9.17, 15) is 9.59 Å². The fourth-order valence-electron chi connectivity index (χ4n) is 6.44. The summed E-state index contributed by atoms with van der Waals surface area (Å²) in [7, 11) is 1.66. The molecule has 5 rings (SSSR count). The molecule has 2 aromatic rings. The standard InChI is InChI=1S/C30H39N3O3/c1-3-17-31-18-20-32(21-19-31)30(35)27-25-11-7-8-12-26(25)29(34)33(23-9-5-4-6-10-23)28(27)22-13-15-24(36-2)16-14-22/h7-8,11-16,23,27-28H,3-6,9-10,17-21H2,1-2H3/t27-,28-/m0/s1. The minimum atomic E-state index is -0.410. The van der Waals surface area contributed by atoms with Crippen LogP contribution >= 0.6 is 0 Å². The minimum Gasteiger partial charge on any atom is -0.497 e. The lowest BCUT2D eigenvalue weighted by atomic mass is 9.77. The van der Waals surface area contributed by atoms with Gasteiger partial charge in [0.15, 0.2) is 0 Å². The third-order valence-corrected chi connectivity index (χ3v) is 8.29. The van der Waals surface area contributed by atoms with Crippen LogP contribution in [0.5, 0.6) is 5.75 Å². The maximum Gasteiger partial charge on any atom is 0.254 e. The van der Waals surface area contributed by atoms with Gasteiger partial charge in [0.1, 0.15) is 5.75 Å². The molecule has 2 aliphatic heterocycles. The second-order valence-electron chi connectivity index (χ2n) is 10.5. The molecule has 3 aliphatic rings. The van der Waals surface area contributed by atoms with Gasteiger partial charge in [-0.3, -0.25) is 14.5 Å². The molecule has 1 saturated carbocycles. The van der Waals surface area contributed by atoms with Crippen molar-refractivity contribution in [1.29, 1.82) is 0 Å².